The van der Waals surface area contributed by atoms with Gasteiger partial charge in [-0.2, -0.15) is 0 Å². The number of ether oxygens (including phenoxy) is 1. The summed E-state index contributed by atoms with van der Waals surface area (Å²) in [6, 6.07) is 2.39. The standard InChI is InChI=1S/C7H5BrF3NOS/c8-3-1-5(13-7(9,10)11)4(12)2-6(3)14/h1-2,14H,12H2. The molecular formula is C7H5BrF3NOS. The molecule has 0 heterocycles. The summed E-state index contributed by atoms with van der Waals surface area (Å²) in [5.41, 5.74) is 5.19. The van der Waals surface area contributed by atoms with Crippen molar-refractivity contribution in [3.05, 3.63) is 16.6 Å². The molecule has 14 heavy (non-hydrogen) atoms. The molecule has 0 aliphatic rings. The molecule has 1 aromatic carbocycles. The van der Waals surface area contributed by atoms with Crippen molar-refractivity contribution in [1.82, 2.24) is 0 Å². The largest absolute Gasteiger partial charge is 0.573 e. The predicted octanol–water partition coefficient (Wildman–Crippen LogP) is 3.22. The van der Waals surface area contributed by atoms with Gasteiger partial charge in [0.25, 0.3) is 0 Å². The van der Waals surface area contributed by atoms with Crippen molar-refractivity contribution in [2.24, 2.45) is 0 Å². The van der Waals surface area contributed by atoms with Crippen LogP contribution in [0, 0.1) is 0 Å². The third kappa shape index (κ3) is 2.98. The van der Waals surface area contributed by atoms with E-state index in [1.54, 1.807) is 0 Å². The van der Waals surface area contributed by atoms with Crippen LogP contribution in [0.15, 0.2) is 21.5 Å². The zero-order valence-corrected chi connectivity index (χ0v) is 9.08. The van der Waals surface area contributed by atoms with E-state index in [1.165, 1.54) is 6.07 Å². The Morgan fingerprint density at radius 3 is 2.43 bits per heavy atom. The Hall–Kier alpha value is -0.560. The fraction of sp³-hybridized carbons (Fsp3) is 0.143. The van der Waals surface area contributed by atoms with Crippen molar-refractivity contribution >= 4 is 34.2 Å². The van der Waals surface area contributed by atoms with Gasteiger partial charge in [0.1, 0.15) is 0 Å². The molecule has 1 rings (SSSR count). The minimum absolute atomic E-state index is 0.115. The van der Waals surface area contributed by atoms with E-state index in [2.05, 4.69) is 33.3 Å². The molecule has 1 aromatic rings. The highest BCUT2D eigenvalue weighted by atomic mass is 79.9. The minimum atomic E-state index is -4.74. The third-order valence-electron chi connectivity index (χ3n) is 1.30. The first kappa shape index (κ1) is 11.5. The van der Waals surface area contributed by atoms with E-state index >= 15 is 0 Å². The summed E-state index contributed by atoms with van der Waals surface area (Å²) >= 11 is 6.97. The molecule has 2 N–H and O–H groups in total. The second-order valence-electron chi connectivity index (χ2n) is 2.39. The molecule has 0 fully saturated rings. The van der Waals surface area contributed by atoms with Crippen LogP contribution in [0.2, 0.25) is 0 Å². The van der Waals surface area contributed by atoms with E-state index in [9.17, 15) is 13.2 Å². The number of rotatable bonds is 1. The lowest BCUT2D eigenvalue weighted by molar-refractivity contribution is -0.274. The van der Waals surface area contributed by atoms with Gasteiger partial charge >= 0.3 is 6.36 Å². The van der Waals surface area contributed by atoms with Gasteiger partial charge in [-0.3, -0.25) is 0 Å². The Kier molecular flexibility index (Phi) is 3.20. The number of benzene rings is 1. The Morgan fingerprint density at radius 2 is 1.93 bits per heavy atom. The SMILES string of the molecule is Nc1cc(S)c(Br)cc1OC(F)(F)F. The van der Waals surface area contributed by atoms with E-state index in [1.807, 2.05) is 0 Å². The zero-order valence-electron chi connectivity index (χ0n) is 6.60. The van der Waals surface area contributed by atoms with Gasteiger partial charge in [0.2, 0.25) is 0 Å². The van der Waals surface area contributed by atoms with Crippen LogP contribution < -0.4 is 10.5 Å². The highest BCUT2D eigenvalue weighted by Crippen LogP contribution is 2.34. The second-order valence-corrected chi connectivity index (χ2v) is 3.73. The van der Waals surface area contributed by atoms with Gasteiger partial charge in [-0.25, -0.2) is 0 Å². The number of hydrogen-bond donors (Lipinski definition) is 2. The highest BCUT2D eigenvalue weighted by molar-refractivity contribution is 9.10. The van der Waals surface area contributed by atoms with Gasteiger partial charge in [-0.15, -0.1) is 25.8 Å². The third-order valence-corrected chi connectivity index (χ3v) is 2.64. The summed E-state index contributed by atoms with van der Waals surface area (Å²) in [5.74, 6) is -0.442. The van der Waals surface area contributed by atoms with Gasteiger partial charge in [0.05, 0.1) is 5.69 Å². The second kappa shape index (κ2) is 3.90. The molecular weight excluding hydrogens is 283 g/mol. The Labute approximate surface area is 91.8 Å². The fourth-order valence-electron chi connectivity index (χ4n) is 0.773. The Balaban J connectivity index is 3.04. The van der Waals surface area contributed by atoms with Gasteiger partial charge in [-0.1, -0.05) is 0 Å². The van der Waals surface area contributed by atoms with Crippen LogP contribution in [0.4, 0.5) is 18.9 Å². The average molecular weight is 288 g/mol. The normalized spacial score (nSPS) is 11.5. The van der Waals surface area contributed by atoms with Gasteiger partial charge in [0.15, 0.2) is 5.75 Å². The van der Waals surface area contributed by atoms with Crippen molar-refractivity contribution in [3.8, 4) is 5.75 Å². The monoisotopic (exact) mass is 287 g/mol. The summed E-state index contributed by atoms with van der Waals surface area (Å²) in [4.78, 5) is 0.442. The lowest BCUT2D eigenvalue weighted by Crippen LogP contribution is -2.18. The molecule has 0 saturated heterocycles. The lowest BCUT2D eigenvalue weighted by atomic mass is 10.3. The van der Waals surface area contributed by atoms with E-state index in [4.69, 9.17) is 5.73 Å². The minimum Gasteiger partial charge on any atom is -0.404 e. The number of halogens is 4. The molecule has 0 aliphatic carbocycles. The summed E-state index contributed by atoms with van der Waals surface area (Å²) in [7, 11) is 0. The quantitative estimate of drug-likeness (QED) is 0.614. The molecule has 0 spiro atoms. The number of alkyl halides is 3. The molecule has 0 bridgehead atoms. The number of nitrogens with two attached hydrogens (primary N) is 1. The van der Waals surface area contributed by atoms with E-state index in [0.29, 0.717) is 9.37 Å². The molecule has 0 amide bonds. The first-order valence-electron chi connectivity index (χ1n) is 3.33. The van der Waals surface area contributed by atoms with E-state index in [-0.39, 0.29) is 5.69 Å². The molecule has 0 unspecified atom stereocenters. The lowest BCUT2D eigenvalue weighted by Gasteiger charge is -2.11. The fourth-order valence-corrected chi connectivity index (χ4v) is 1.30. The molecule has 0 atom stereocenters. The van der Waals surface area contributed by atoms with Gasteiger partial charge < -0.3 is 10.5 Å². The first-order valence-corrected chi connectivity index (χ1v) is 4.57. The maximum atomic E-state index is 11.8. The maximum Gasteiger partial charge on any atom is 0.573 e. The summed E-state index contributed by atoms with van der Waals surface area (Å²) in [6.45, 7) is 0. The van der Waals surface area contributed by atoms with Gasteiger partial charge in [-0.05, 0) is 28.1 Å². The molecule has 0 saturated carbocycles. The van der Waals surface area contributed by atoms with Gasteiger partial charge in [0, 0.05) is 9.37 Å². The number of thiol groups is 1. The zero-order chi connectivity index (χ0) is 10.9. The topological polar surface area (TPSA) is 35.2 Å². The first-order chi connectivity index (χ1) is 6.29. The summed E-state index contributed by atoms with van der Waals surface area (Å²) in [5, 5.41) is 0. The van der Waals surface area contributed by atoms with Crippen molar-refractivity contribution in [1.29, 1.82) is 0 Å². The number of hydrogen-bond acceptors (Lipinski definition) is 3. The van der Waals surface area contributed by atoms with E-state index < -0.39 is 12.1 Å². The van der Waals surface area contributed by atoms with E-state index in [0.717, 1.165) is 6.07 Å². The summed E-state index contributed by atoms with van der Waals surface area (Å²) < 4.78 is 39.6. The van der Waals surface area contributed by atoms with Crippen LogP contribution in [0.1, 0.15) is 0 Å². The molecule has 0 radical (unpaired) electrons. The van der Waals surface area contributed by atoms with Crippen molar-refractivity contribution < 1.29 is 17.9 Å². The van der Waals surface area contributed by atoms with Crippen LogP contribution in [-0.2, 0) is 0 Å². The predicted molar refractivity (Wildman–Crippen MR) is 52.5 cm³/mol. The van der Waals surface area contributed by atoms with Crippen molar-refractivity contribution in [3.63, 3.8) is 0 Å². The van der Waals surface area contributed by atoms with Crippen molar-refractivity contribution in [2.45, 2.75) is 11.3 Å². The van der Waals surface area contributed by atoms with Crippen LogP contribution in [0.25, 0.3) is 0 Å². The molecule has 2 nitrogen and oxygen atoms in total. The molecule has 78 valence electrons. The van der Waals surface area contributed by atoms with Crippen molar-refractivity contribution in [2.75, 3.05) is 5.73 Å². The molecule has 7 heteroatoms. The number of nitrogen functional groups attached to an aromatic ring is 1. The highest BCUT2D eigenvalue weighted by Gasteiger charge is 2.32. The van der Waals surface area contributed by atoms with Crippen LogP contribution in [-0.4, -0.2) is 6.36 Å². The van der Waals surface area contributed by atoms with Crippen LogP contribution in [0.5, 0.6) is 5.75 Å². The molecule has 0 aromatic heterocycles. The van der Waals surface area contributed by atoms with Crippen LogP contribution in [0.3, 0.4) is 0 Å². The smallest absolute Gasteiger partial charge is 0.404 e. The Morgan fingerprint density at radius 1 is 1.36 bits per heavy atom. The number of anilines is 1. The average Bonchev–Trinajstić information content (AvgIpc) is 1.97. The molecule has 0 aliphatic heterocycles. The summed E-state index contributed by atoms with van der Waals surface area (Å²) in [6.07, 6.45) is -4.74. The Bertz CT molecular complexity index is 356. The maximum absolute atomic E-state index is 11.8. The van der Waals surface area contributed by atoms with Crippen LogP contribution >= 0.6 is 28.6 Å².